The number of aliphatic imine (C=N–C) groups is 1. The van der Waals surface area contributed by atoms with Crippen molar-refractivity contribution in [2.75, 3.05) is 40.4 Å². The maximum atomic E-state index is 11.7. The van der Waals surface area contributed by atoms with Gasteiger partial charge in [0.05, 0.1) is 19.4 Å². The van der Waals surface area contributed by atoms with E-state index in [4.69, 9.17) is 9.15 Å². The van der Waals surface area contributed by atoms with Crippen molar-refractivity contribution in [2.24, 2.45) is 10.9 Å². The van der Waals surface area contributed by atoms with E-state index in [-0.39, 0.29) is 12.5 Å². The smallest absolute Gasteiger partial charge is 0.243 e. The molecule has 0 spiro atoms. The molecule has 22 heavy (non-hydrogen) atoms. The summed E-state index contributed by atoms with van der Waals surface area (Å²) in [6.07, 6.45) is 2.68. The average molecular weight is 308 g/mol. The maximum Gasteiger partial charge on any atom is 0.243 e. The number of carbonyl (C=O) groups is 1. The van der Waals surface area contributed by atoms with Crippen LogP contribution in [0.15, 0.2) is 27.8 Å². The van der Waals surface area contributed by atoms with Crippen molar-refractivity contribution in [1.29, 1.82) is 0 Å². The Balaban J connectivity index is 1.86. The van der Waals surface area contributed by atoms with Crippen molar-refractivity contribution >= 4 is 11.9 Å². The zero-order valence-corrected chi connectivity index (χ0v) is 13.2. The van der Waals surface area contributed by atoms with E-state index in [1.165, 1.54) is 4.90 Å². The molecule has 0 aromatic carbocycles. The van der Waals surface area contributed by atoms with Crippen LogP contribution in [0, 0.1) is 5.92 Å². The lowest BCUT2D eigenvalue weighted by Crippen LogP contribution is -2.40. The minimum atomic E-state index is -0.0386. The van der Waals surface area contributed by atoms with Gasteiger partial charge < -0.3 is 24.7 Å². The first-order valence-corrected chi connectivity index (χ1v) is 7.47. The van der Waals surface area contributed by atoms with Crippen LogP contribution in [0.25, 0.3) is 0 Å². The second-order valence-corrected chi connectivity index (χ2v) is 5.50. The molecule has 7 nitrogen and oxygen atoms in total. The third kappa shape index (κ3) is 5.40. The molecule has 1 aliphatic rings. The molecule has 1 atom stereocenters. The van der Waals surface area contributed by atoms with Crippen LogP contribution in [-0.4, -0.2) is 57.2 Å². The number of hydrogen-bond donors (Lipinski definition) is 2. The first-order chi connectivity index (χ1) is 10.6. The Morgan fingerprint density at radius 1 is 1.45 bits per heavy atom. The van der Waals surface area contributed by atoms with E-state index in [2.05, 4.69) is 15.6 Å². The predicted octanol–water partition coefficient (Wildman–Crippen LogP) is 0.440. The summed E-state index contributed by atoms with van der Waals surface area (Å²) in [5, 5.41) is 6.44. The van der Waals surface area contributed by atoms with E-state index in [1.807, 2.05) is 12.1 Å². The van der Waals surface area contributed by atoms with Crippen LogP contribution >= 0.6 is 0 Å². The Labute approximate surface area is 130 Å². The van der Waals surface area contributed by atoms with E-state index in [0.29, 0.717) is 18.4 Å². The number of nitrogens with one attached hydrogen (secondary N) is 2. The topological polar surface area (TPSA) is 79.1 Å². The molecule has 0 bridgehead atoms. The van der Waals surface area contributed by atoms with E-state index < -0.39 is 0 Å². The summed E-state index contributed by atoms with van der Waals surface area (Å²) in [7, 11) is 3.44. The molecule has 1 aromatic rings. The van der Waals surface area contributed by atoms with Crippen molar-refractivity contribution in [2.45, 2.75) is 13.0 Å². The molecule has 0 radical (unpaired) electrons. The lowest BCUT2D eigenvalue weighted by molar-refractivity contribution is -0.127. The SMILES string of the molecule is CN(C)C(=O)CN=C(NCc1ccco1)NCC1CCOC1. The lowest BCUT2D eigenvalue weighted by atomic mass is 10.1. The molecule has 0 saturated carbocycles. The highest BCUT2D eigenvalue weighted by Crippen LogP contribution is 2.10. The monoisotopic (exact) mass is 308 g/mol. The standard InChI is InChI=1S/C15H24N4O3/c1-19(2)14(20)10-18-15(16-8-12-5-7-21-11-12)17-9-13-4-3-6-22-13/h3-4,6,12H,5,7-11H2,1-2H3,(H2,16,17,18). The molecule has 1 aromatic heterocycles. The third-order valence-electron chi connectivity index (χ3n) is 3.46. The Hall–Kier alpha value is -2.02. The number of likely N-dealkylation sites (N-methyl/N-ethyl adjacent to an activating group) is 1. The van der Waals surface area contributed by atoms with E-state index in [9.17, 15) is 4.79 Å². The lowest BCUT2D eigenvalue weighted by Gasteiger charge is -2.15. The summed E-state index contributed by atoms with van der Waals surface area (Å²) in [4.78, 5) is 17.5. The zero-order chi connectivity index (χ0) is 15.8. The van der Waals surface area contributed by atoms with Crippen molar-refractivity contribution in [3.63, 3.8) is 0 Å². The minimum absolute atomic E-state index is 0.0386. The molecular weight excluding hydrogens is 284 g/mol. The fourth-order valence-electron chi connectivity index (χ4n) is 2.03. The fraction of sp³-hybridized carbons (Fsp3) is 0.600. The van der Waals surface area contributed by atoms with Gasteiger partial charge in [0.1, 0.15) is 12.3 Å². The van der Waals surface area contributed by atoms with Crippen LogP contribution < -0.4 is 10.6 Å². The molecule has 2 heterocycles. The second-order valence-electron chi connectivity index (χ2n) is 5.50. The average Bonchev–Trinajstić information content (AvgIpc) is 3.19. The Kier molecular flexibility index (Phi) is 6.27. The molecular formula is C15H24N4O3. The van der Waals surface area contributed by atoms with E-state index >= 15 is 0 Å². The Morgan fingerprint density at radius 2 is 2.32 bits per heavy atom. The van der Waals surface area contributed by atoms with Crippen LogP contribution in [0.2, 0.25) is 0 Å². The molecule has 7 heteroatoms. The second kappa shape index (κ2) is 8.43. The van der Waals surface area contributed by atoms with Gasteiger partial charge in [-0.15, -0.1) is 0 Å². The van der Waals surface area contributed by atoms with Gasteiger partial charge in [0.15, 0.2) is 5.96 Å². The van der Waals surface area contributed by atoms with Crippen molar-refractivity contribution < 1.29 is 13.9 Å². The van der Waals surface area contributed by atoms with Crippen LogP contribution in [0.4, 0.5) is 0 Å². The normalized spacial score (nSPS) is 18.3. The van der Waals surface area contributed by atoms with Gasteiger partial charge >= 0.3 is 0 Å². The molecule has 1 amide bonds. The van der Waals surface area contributed by atoms with Gasteiger partial charge in [0.2, 0.25) is 5.91 Å². The van der Waals surface area contributed by atoms with Crippen molar-refractivity contribution in [3.8, 4) is 0 Å². The van der Waals surface area contributed by atoms with Gasteiger partial charge in [-0.05, 0) is 18.6 Å². The molecule has 1 aliphatic heterocycles. The number of carbonyl (C=O) groups excluding carboxylic acids is 1. The van der Waals surface area contributed by atoms with Crippen LogP contribution in [0.1, 0.15) is 12.2 Å². The van der Waals surface area contributed by atoms with Crippen molar-refractivity contribution in [3.05, 3.63) is 24.2 Å². The van der Waals surface area contributed by atoms with Gasteiger partial charge in [-0.1, -0.05) is 0 Å². The van der Waals surface area contributed by atoms with E-state index in [1.54, 1.807) is 20.4 Å². The minimum Gasteiger partial charge on any atom is -0.467 e. The molecule has 2 rings (SSSR count). The molecule has 1 fully saturated rings. The summed E-state index contributed by atoms with van der Waals surface area (Å²) < 4.78 is 10.6. The zero-order valence-electron chi connectivity index (χ0n) is 13.2. The van der Waals surface area contributed by atoms with Gasteiger partial charge in [0, 0.05) is 33.2 Å². The molecule has 1 unspecified atom stereocenters. The summed E-state index contributed by atoms with van der Waals surface area (Å²) in [6.45, 7) is 3.00. The van der Waals surface area contributed by atoms with Crippen LogP contribution in [0.5, 0.6) is 0 Å². The van der Waals surface area contributed by atoms with Gasteiger partial charge in [-0.25, -0.2) is 4.99 Å². The third-order valence-corrected chi connectivity index (χ3v) is 3.46. The Bertz CT molecular complexity index is 479. The summed E-state index contributed by atoms with van der Waals surface area (Å²) >= 11 is 0. The highest BCUT2D eigenvalue weighted by molar-refractivity contribution is 5.84. The highest BCUT2D eigenvalue weighted by Gasteiger charge is 2.16. The summed E-state index contributed by atoms with van der Waals surface area (Å²) in [6, 6.07) is 3.73. The van der Waals surface area contributed by atoms with Crippen LogP contribution in [0.3, 0.4) is 0 Å². The number of nitrogens with zero attached hydrogens (tertiary/aromatic N) is 2. The first-order valence-electron chi connectivity index (χ1n) is 7.47. The predicted molar refractivity (Wildman–Crippen MR) is 83.5 cm³/mol. The Morgan fingerprint density at radius 3 is 2.95 bits per heavy atom. The van der Waals surface area contributed by atoms with Crippen molar-refractivity contribution in [1.82, 2.24) is 15.5 Å². The van der Waals surface area contributed by atoms with Gasteiger partial charge in [-0.3, -0.25) is 4.79 Å². The molecule has 122 valence electrons. The quantitative estimate of drug-likeness (QED) is 0.589. The van der Waals surface area contributed by atoms with Gasteiger partial charge in [-0.2, -0.15) is 0 Å². The number of guanidine groups is 1. The molecule has 0 aliphatic carbocycles. The van der Waals surface area contributed by atoms with E-state index in [0.717, 1.165) is 31.9 Å². The number of hydrogen-bond acceptors (Lipinski definition) is 4. The molecule has 1 saturated heterocycles. The fourth-order valence-corrected chi connectivity index (χ4v) is 2.03. The van der Waals surface area contributed by atoms with Crippen LogP contribution in [-0.2, 0) is 16.1 Å². The summed E-state index contributed by atoms with van der Waals surface area (Å²) in [5.41, 5.74) is 0. The number of rotatable bonds is 6. The number of ether oxygens (including phenoxy) is 1. The number of furan rings is 1. The maximum absolute atomic E-state index is 11.7. The van der Waals surface area contributed by atoms with Gasteiger partial charge in [0.25, 0.3) is 0 Å². The summed E-state index contributed by atoms with van der Waals surface area (Å²) in [5.74, 6) is 1.87. The first kappa shape index (κ1) is 16.4. The highest BCUT2D eigenvalue weighted by atomic mass is 16.5. The number of amides is 1. The largest absolute Gasteiger partial charge is 0.467 e. The molecule has 2 N–H and O–H groups in total.